The average Bonchev–Trinajstić information content (AvgIpc) is 3.01. The normalized spacial score (nSPS) is 18.9. The fourth-order valence-corrected chi connectivity index (χ4v) is 2.75. The Morgan fingerprint density at radius 3 is 2.70 bits per heavy atom. The number of furan rings is 1. The van der Waals surface area contributed by atoms with E-state index in [-0.39, 0.29) is 5.97 Å². The van der Waals surface area contributed by atoms with Crippen molar-refractivity contribution in [2.45, 2.75) is 51.6 Å². The Balaban J connectivity index is 2.05. The molecule has 4 nitrogen and oxygen atoms in total. The molecule has 1 fully saturated rings. The van der Waals surface area contributed by atoms with Crippen molar-refractivity contribution < 1.29 is 13.9 Å². The highest BCUT2D eigenvalue weighted by Crippen LogP contribution is 2.37. The van der Waals surface area contributed by atoms with E-state index in [1.54, 1.807) is 6.26 Å². The lowest BCUT2D eigenvalue weighted by Crippen LogP contribution is -2.45. The molecule has 2 rings (SSSR count). The van der Waals surface area contributed by atoms with Crippen LogP contribution < -0.4 is 0 Å². The molecule has 1 aromatic heterocycles. The van der Waals surface area contributed by atoms with Crippen molar-refractivity contribution in [3.8, 4) is 0 Å². The Bertz CT molecular complexity index is 405. The van der Waals surface area contributed by atoms with Crippen LogP contribution in [0.2, 0.25) is 0 Å². The van der Waals surface area contributed by atoms with E-state index >= 15 is 0 Å². The summed E-state index contributed by atoms with van der Waals surface area (Å²) >= 11 is 0. The molecule has 0 aromatic carbocycles. The molecule has 1 aliphatic heterocycles. The molecule has 0 N–H and O–H groups in total. The molecule has 0 atom stereocenters. The first-order chi connectivity index (χ1) is 9.70. The molecule has 0 unspecified atom stereocenters. The summed E-state index contributed by atoms with van der Waals surface area (Å²) < 4.78 is 11.3. The smallest absolute Gasteiger partial charge is 0.306 e. The van der Waals surface area contributed by atoms with E-state index in [0.29, 0.717) is 6.42 Å². The van der Waals surface area contributed by atoms with Crippen molar-refractivity contribution >= 4 is 5.97 Å². The number of esters is 1. The summed E-state index contributed by atoms with van der Waals surface area (Å²) in [5.74, 6) is 0.637. The number of likely N-dealkylation sites (tertiary alicyclic amines) is 1. The van der Waals surface area contributed by atoms with E-state index in [0.717, 1.165) is 38.2 Å². The van der Waals surface area contributed by atoms with Crippen molar-refractivity contribution in [3.05, 3.63) is 24.2 Å². The van der Waals surface area contributed by atoms with Gasteiger partial charge >= 0.3 is 5.97 Å². The Morgan fingerprint density at radius 2 is 2.15 bits per heavy atom. The van der Waals surface area contributed by atoms with Crippen LogP contribution in [0.3, 0.4) is 0 Å². The minimum Gasteiger partial charge on any atom is -0.465 e. The van der Waals surface area contributed by atoms with Crippen LogP contribution >= 0.6 is 0 Å². The second-order valence-electron chi connectivity index (χ2n) is 5.49. The number of rotatable bonds is 6. The van der Waals surface area contributed by atoms with E-state index in [2.05, 4.69) is 11.8 Å². The van der Waals surface area contributed by atoms with Crippen LogP contribution in [0.25, 0.3) is 0 Å². The standard InChI is InChI=1S/C16H25NO3/c1-3-5-10-17-11-8-16(9-12-17,20-15(18)4-2)14-7-6-13-19-14/h6-7,13H,3-5,8-12H2,1-2H3. The minimum absolute atomic E-state index is 0.150. The first-order valence-electron chi connectivity index (χ1n) is 7.68. The van der Waals surface area contributed by atoms with E-state index < -0.39 is 5.60 Å². The second kappa shape index (κ2) is 6.93. The lowest BCUT2D eigenvalue weighted by atomic mass is 9.88. The molecule has 0 aliphatic carbocycles. The highest BCUT2D eigenvalue weighted by molar-refractivity contribution is 5.69. The Kier molecular flexibility index (Phi) is 5.24. The first-order valence-corrected chi connectivity index (χ1v) is 7.68. The van der Waals surface area contributed by atoms with Gasteiger partial charge in [0.2, 0.25) is 0 Å². The molecular formula is C16H25NO3. The number of piperidine rings is 1. The summed E-state index contributed by atoms with van der Waals surface area (Å²) in [5, 5.41) is 0. The Hall–Kier alpha value is -1.29. The van der Waals surface area contributed by atoms with Gasteiger partial charge in [-0.2, -0.15) is 0 Å². The van der Waals surface area contributed by atoms with Crippen LogP contribution in [0.5, 0.6) is 0 Å². The highest BCUT2D eigenvalue weighted by atomic mass is 16.6. The zero-order valence-corrected chi connectivity index (χ0v) is 12.6. The second-order valence-corrected chi connectivity index (χ2v) is 5.49. The summed E-state index contributed by atoms with van der Waals surface area (Å²) in [6.07, 6.45) is 6.13. The highest BCUT2D eigenvalue weighted by Gasteiger charge is 2.41. The molecule has 112 valence electrons. The summed E-state index contributed by atoms with van der Waals surface area (Å²) in [6.45, 7) is 7.08. The van der Waals surface area contributed by atoms with Crippen LogP contribution in [0.1, 0.15) is 51.7 Å². The van der Waals surface area contributed by atoms with Gasteiger partial charge < -0.3 is 14.1 Å². The van der Waals surface area contributed by atoms with Gasteiger partial charge in [-0.1, -0.05) is 20.3 Å². The number of carbonyl (C=O) groups is 1. The zero-order valence-electron chi connectivity index (χ0n) is 12.6. The van der Waals surface area contributed by atoms with E-state index in [1.807, 2.05) is 19.1 Å². The van der Waals surface area contributed by atoms with Gasteiger partial charge in [0, 0.05) is 32.4 Å². The van der Waals surface area contributed by atoms with Gasteiger partial charge in [0.1, 0.15) is 5.76 Å². The molecule has 1 saturated heterocycles. The molecule has 0 bridgehead atoms. The number of unbranched alkanes of at least 4 members (excludes halogenated alkanes) is 1. The van der Waals surface area contributed by atoms with Crippen LogP contribution in [-0.2, 0) is 15.1 Å². The summed E-state index contributed by atoms with van der Waals surface area (Å²) in [5.41, 5.74) is -0.556. The maximum atomic E-state index is 11.8. The van der Waals surface area contributed by atoms with E-state index in [4.69, 9.17) is 9.15 Å². The molecule has 2 heterocycles. The number of ether oxygens (including phenoxy) is 1. The van der Waals surface area contributed by atoms with Crippen LogP contribution in [-0.4, -0.2) is 30.5 Å². The topological polar surface area (TPSA) is 42.7 Å². The van der Waals surface area contributed by atoms with Crippen molar-refractivity contribution in [2.24, 2.45) is 0 Å². The number of hydrogen-bond donors (Lipinski definition) is 0. The van der Waals surface area contributed by atoms with Crippen molar-refractivity contribution in [1.82, 2.24) is 4.90 Å². The molecule has 1 aromatic rings. The minimum atomic E-state index is -0.556. The lowest BCUT2D eigenvalue weighted by molar-refractivity contribution is -0.169. The third kappa shape index (κ3) is 3.42. The third-order valence-electron chi connectivity index (χ3n) is 4.06. The lowest BCUT2D eigenvalue weighted by Gasteiger charge is -2.39. The van der Waals surface area contributed by atoms with E-state index in [1.165, 1.54) is 12.8 Å². The molecule has 1 aliphatic rings. The molecule has 0 spiro atoms. The Morgan fingerprint density at radius 1 is 1.40 bits per heavy atom. The Labute approximate surface area is 121 Å². The molecule has 0 amide bonds. The summed E-state index contributed by atoms with van der Waals surface area (Å²) in [7, 11) is 0. The fourth-order valence-electron chi connectivity index (χ4n) is 2.75. The van der Waals surface area contributed by atoms with Crippen molar-refractivity contribution in [1.29, 1.82) is 0 Å². The van der Waals surface area contributed by atoms with Crippen LogP contribution in [0.4, 0.5) is 0 Å². The van der Waals surface area contributed by atoms with Gasteiger partial charge in [0.15, 0.2) is 5.60 Å². The number of hydrogen-bond acceptors (Lipinski definition) is 4. The molecule has 0 radical (unpaired) electrons. The fraction of sp³-hybridized carbons (Fsp3) is 0.688. The average molecular weight is 279 g/mol. The third-order valence-corrected chi connectivity index (χ3v) is 4.06. The van der Waals surface area contributed by atoms with Gasteiger partial charge in [-0.3, -0.25) is 4.79 Å². The van der Waals surface area contributed by atoms with Crippen LogP contribution in [0, 0.1) is 0 Å². The summed E-state index contributed by atoms with van der Waals surface area (Å²) in [6, 6.07) is 3.78. The first kappa shape index (κ1) is 15.1. The van der Waals surface area contributed by atoms with Gasteiger partial charge in [0.25, 0.3) is 0 Å². The van der Waals surface area contributed by atoms with Crippen molar-refractivity contribution in [3.63, 3.8) is 0 Å². The predicted molar refractivity (Wildman–Crippen MR) is 77.4 cm³/mol. The molecular weight excluding hydrogens is 254 g/mol. The molecule has 4 heteroatoms. The quantitative estimate of drug-likeness (QED) is 0.749. The van der Waals surface area contributed by atoms with Gasteiger partial charge in [-0.15, -0.1) is 0 Å². The zero-order chi connectivity index (χ0) is 14.4. The number of carbonyl (C=O) groups excluding carboxylic acids is 1. The maximum Gasteiger partial charge on any atom is 0.306 e. The number of nitrogens with zero attached hydrogens (tertiary/aromatic N) is 1. The maximum absolute atomic E-state index is 11.8. The predicted octanol–water partition coefficient (Wildman–Crippen LogP) is 3.32. The van der Waals surface area contributed by atoms with Gasteiger partial charge in [0.05, 0.1) is 6.26 Å². The summed E-state index contributed by atoms with van der Waals surface area (Å²) in [4.78, 5) is 14.2. The van der Waals surface area contributed by atoms with Gasteiger partial charge in [-0.25, -0.2) is 0 Å². The molecule has 20 heavy (non-hydrogen) atoms. The van der Waals surface area contributed by atoms with Crippen molar-refractivity contribution in [2.75, 3.05) is 19.6 Å². The SMILES string of the molecule is CCCCN1CCC(OC(=O)CC)(c2ccco2)CC1. The van der Waals surface area contributed by atoms with Gasteiger partial charge in [-0.05, 0) is 25.1 Å². The molecule has 0 saturated carbocycles. The van der Waals surface area contributed by atoms with E-state index in [9.17, 15) is 4.79 Å². The largest absolute Gasteiger partial charge is 0.465 e. The van der Waals surface area contributed by atoms with Crippen LogP contribution in [0.15, 0.2) is 22.8 Å². The monoisotopic (exact) mass is 279 g/mol.